The monoisotopic (exact) mass is 421 g/mol. The van der Waals surface area contributed by atoms with Gasteiger partial charge in [0.25, 0.3) is 5.91 Å². The van der Waals surface area contributed by atoms with Crippen molar-refractivity contribution in [2.24, 2.45) is 0 Å². The second kappa shape index (κ2) is 7.50. The molecule has 0 unspecified atom stereocenters. The van der Waals surface area contributed by atoms with Gasteiger partial charge in [0.15, 0.2) is 11.6 Å². The maximum atomic E-state index is 13.7. The lowest BCUT2D eigenvalue weighted by molar-refractivity contribution is 0.0777. The summed E-state index contributed by atoms with van der Waals surface area (Å²) in [6, 6.07) is 9.50. The van der Waals surface area contributed by atoms with Crippen LogP contribution in [-0.4, -0.2) is 33.9 Å². The first-order chi connectivity index (χ1) is 14.6. The third kappa shape index (κ3) is 3.31. The Morgan fingerprint density at radius 1 is 1.13 bits per heavy atom. The molecule has 0 fully saturated rings. The number of halogens is 2. The van der Waals surface area contributed by atoms with Crippen molar-refractivity contribution >= 4 is 33.9 Å². The number of hydrogen-bond acceptors (Lipinski definition) is 3. The molecule has 4 aromatic rings. The third-order valence-electron chi connectivity index (χ3n) is 5.36. The molecule has 1 N–H and O–H groups in total. The number of benzene rings is 1. The molecular formula is C23H17F2N3OS. The Kier molecular flexibility index (Phi) is 4.67. The van der Waals surface area contributed by atoms with Crippen molar-refractivity contribution in [1.29, 1.82) is 0 Å². The van der Waals surface area contributed by atoms with Crippen molar-refractivity contribution in [3.63, 3.8) is 0 Å². The number of carbonyl (C=O) groups is 1. The zero-order chi connectivity index (χ0) is 20.7. The largest absolute Gasteiger partial charge is 0.346 e. The van der Waals surface area contributed by atoms with E-state index < -0.39 is 11.6 Å². The van der Waals surface area contributed by atoms with Crippen LogP contribution in [0.2, 0.25) is 0 Å². The molecular weight excluding hydrogens is 404 g/mol. The minimum Gasteiger partial charge on any atom is -0.346 e. The van der Waals surface area contributed by atoms with Crippen LogP contribution in [0.25, 0.3) is 27.7 Å². The third-order valence-corrected chi connectivity index (χ3v) is 6.22. The van der Waals surface area contributed by atoms with Gasteiger partial charge in [-0.25, -0.2) is 13.8 Å². The second-order valence-corrected chi connectivity index (χ2v) is 8.11. The zero-order valence-electron chi connectivity index (χ0n) is 15.9. The fourth-order valence-electron chi connectivity index (χ4n) is 3.76. The van der Waals surface area contributed by atoms with Gasteiger partial charge in [-0.15, -0.1) is 11.3 Å². The van der Waals surface area contributed by atoms with Gasteiger partial charge in [-0.05, 0) is 47.2 Å². The average molecular weight is 421 g/mol. The van der Waals surface area contributed by atoms with Gasteiger partial charge in [0.1, 0.15) is 5.65 Å². The fraction of sp³-hybridized carbons (Fsp3) is 0.130. The van der Waals surface area contributed by atoms with Gasteiger partial charge < -0.3 is 9.88 Å². The van der Waals surface area contributed by atoms with Crippen LogP contribution < -0.4 is 0 Å². The first-order valence-corrected chi connectivity index (χ1v) is 10.4. The SMILES string of the molecule is O=C(c1cccs1)N1CC=C(c2c[nH]c3ncc(-c4ccc(F)c(F)c4)cc23)CC1. The molecule has 0 radical (unpaired) electrons. The van der Waals surface area contributed by atoms with Crippen LogP contribution in [0.4, 0.5) is 8.78 Å². The van der Waals surface area contributed by atoms with Crippen LogP contribution in [0.5, 0.6) is 0 Å². The Labute approximate surface area is 175 Å². The summed E-state index contributed by atoms with van der Waals surface area (Å²) in [5, 5.41) is 2.82. The molecule has 1 amide bonds. The number of nitrogens with one attached hydrogen (secondary N) is 1. The van der Waals surface area contributed by atoms with E-state index in [0.717, 1.165) is 39.5 Å². The van der Waals surface area contributed by atoms with E-state index in [1.54, 1.807) is 12.3 Å². The van der Waals surface area contributed by atoms with Gasteiger partial charge >= 0.3 is 0 Å². The van der Waals surface area contributed by atoms with Gasteiger partial charge in [-0.2, -0.15) is 0 Å². The minimum absolute atomic E-state index is 0.0570. The highest BCUT2D eigenvalue weighted by molar-refractivity contribution is 7.12. The highest BCUT2D eigenvalue weighted by Crippen LogP contribution is 2.32. The van der Waals surface area contributed by atoms with Crippen LogP contribution in [0.15, 0.2) is 60.2 Å². The lowest BCUT2D eigenvalue weighted by atomic mass is 9.98. The molecule has 7 heteroatoms. The fourth-order valence-corrected chi connectivity index (χ4v) is 4.45. The number of aromatic nitrogens is 2. The van der Waals surface area contributed by atoms with Crippen molar-refractivity contribution in [1.82, 2.24) is 14.9 Å². The van der Waals surface area contributed by atoms with Crippen molar-refractivity contribution in [3.8, 4) is 11.1 Å². The molecule has 150 valence electrons. The highest BCUT2D eigenvalue weighted by Gasteiger charge is 2.21. The van der Waals surface area contributed by atoms with E-state index in [-0.39, 0.29) is 5.91 Å². The van der Waals surface area contributed by atoms with Crippen LogP contribution in [-0.2, 0) is 0 Å². The number of fused-ring (bicyclic) bond motifs is 1. The zero-order valence-corrected chi connectivity index (χ0v) is 16.7. The molecule has 0 atom stereocenters. The van der Waals surface area contributed by atoms with Crippen LogP contribution in [0.1, 0.15) is 21.7 Å². The van der Waals surface area contributed by atoms with Crippen LogP contribution >= 0.6 is 11.3 Å². The number of H-pyrrole nitrogens is 1. The van der Waals surface area contributed by atoms with E-state index >= 15 is 0 Å². The summed E-state index contributed by atoms with van der Waals surface area (Å²) in [6.45, 7) is 1.20. The summed E-state index contributed by atoms with van der Waals surface area (Å²) in [4.78, 5) is 22.8. The first kappa shape index (κ1) is 18.7. The molecule has 1 aliphatic heterocycles. The molecule has 0 saturated carbocycles. The Bertz CT molecular complexity index is 1280. The van der Waals surface area contributed by atoms with Crippen molar-refractivity contribution in [3.05, 3.63) is 82.3 Å². The molecule has 0 bridgehead atoms. The minimum atomic E-state index is -0.882. The lowest BCUT2D eigenvalue weighted by Crippen LogP contribution is -2.34. The van der Waals surface area contributed by atoms with Crippen molar-refractivity contribution in [2.45, 2.75) is 6.42 Å². The summed E-state index contributed by atoms with van der Waals surface area (Å²) in [6.07, 6.45) is 6.36. The predicted octanol–water partition coefficient (Wildman–Crippen LogP) is 5.50. The standard InChI is InChI=1S/C23H17F2N3OS/c24-19-4-3-15(11-20(19)25)16-10-17-18(13-27-22(17)26-12-16)14-5-7-28(8-6-14)23(29)21-2-1-9-30-21/h1-5,9-13H,6-8H2,(H,26,27). The molecule has 1 aliphatic rings. The quantitative estimate of drug-likeness (QED) is 0.475. The number of hydrogen-bond donors (Lipinski definition) is 1. The van der Waals surface area contributed by atoms with Gasteiger partial charge in [0.05, 0.1) is 4.88 Å². The Balaban J connectivity index is 1.45. The predicted molar refractivity (Wildman–Crippen MR) is 114 cm³/mol. The number of nitrogens with zero attached hydrogens (tertiary/aromatic N) is 2. The van der Waals surface area contributed by atoms with E-state index in [0.29, 0.717) is 24.2 Å². The molecule has 0 aliphatic carbocycles. The lowest BCUT2D eigenvalue weighted by Gasteiger charge is -2.26. The number of aromatic amines is 1. The van der Waals surface area contributed by atoms with E-state index in [1.165, 1.54) is 17.4 Å². The Hall–Kier alpha value is -3.32. The number of pyridine rings is 1. The summed E-state index contributed by atoms with van der Waals surface area (Å²) in [7, 11) is 0. The molecule has 1 aromatic carbocycles. The molecule has 3 aromatic heterocycles. The molecule has 4 heterocycles. The summed E-state index contributed by atoms with van der Waals surface area (Å²) < 4.78 is 26.9. The topological polar surface area (TPSA) is 49.0 Å². The normalized spacial score (nSPS) is 14.2. The Morgan fingerprint density at radius 2 is 2.03 bits per heavy atom. The molecule has 5 rings (SSSR count). The second-order valence-electron chi connectivity index (χ2n) is 7.16. The first-order valence-electron chi connectivity index (χ1n) is 9.55. The Morgan fingerprint density at radius 3 is 2.77 bits per heavy atom. The summed E-state index contributed by atoms with van der Waals surface area (Å²) in [5.74, 6) is -1.70. The van der Waals surface area contributed by atoms with Crippen molar-refractivity contribution < 1.29 is 13.6 Å². The average Bonchev–Trinajstić information content (AvgIpc) is 3.45. The molecule has 0 saturated heterocycles. The van der Waals surface area contributed by atoms with Gasteiger partial charge in [0, 0.05) is 42.0 Å². The maximum Gasteiger partial charge on any atom is 0.264 e. The smallest absolute Gasteiger partial charge is 0.264 e. The molecule has 4 nitrogen and oxygen atoms in total. The van der Waals surface area contributed by atoms with Crippen molar-refractivity contribution in [2.75, 3.05) is 13.1 Å². The van der Waals surface area contributed by atoms with Gasteiger partial charge in [0.2, 0.25) is 0 Å². The van der Waals surface area contributed by atoms with E-state index in [4.69, 9.17) is 0 Å². The maximum absolute atomic E-state index is 13.7. The number of rotatable bonds is 3. The van der Waals surface area contributed by atoms with E-state index in [9.17, 15) is 13.6 Å². The number of carbonyl (C=O) groups excluding carboxylic acids is 1. The van der Waals surface area contributed by atoms with E-state index in [2.05, 4.69) is 16.0 Å². The summed E-state index contributed by atoms with van der Waals surface area (Å²) >= 11 is 1.45. The number of amides is 1. The van der Waals surface area contributed by atoms with Gasteiger partial charge in [-0.3, -0.25) is 4.79 Å². The molecule has 30 heavy (non-hydrogen) atoms. The molecule has 0 spiro atoms. The van der Waals surface area contributed by atoms with E-state index in [1.807, 2.05) is 34.7 Å². The summed E-state index contributed by atoms with van der Waals surface area (Å²) in [5.41, 5.74) is 4.18. The van der Waals surface area contributed by atoms with Crippen LogP contribution in [0, 0.1) is 11.6 Å². The highest BCUT2D eigenvalue weighted by atomic mass is 32.1. The number of thiophene rings is 1. The van der Waals surface area contributed by atoms with Crippen LogP contribution in [0.3, 0.4) is 0 Å². The van der Waals surface area contributed by atoms with Gasteiger partial charge in [-0.1, -0.05) is 18.2 Å².